The van der Waals surface area contributed by atoms with Crippen LogP contribution >= 0.6 is 11.6 Å². The van der Waals surface area contributed by atoms with E-state index in [2.05, 4.69) is 5.32 Å². The number of hydrogen-bond acceptors (Lipinski definition) is 3. The number of hydrogen-bond donors (Lipinski definition) is 3. The Bertz CT molecular complexity index is 803. The van der Waals surface area contributed by atoms with Crippen LogP contribution in [-0.4, -0.2) is 65.4 Å². The molecule has 0 aromatic heterocycles. The van der Waals surface area contributed by atoms with Gasteiger partial charge in [-0.3, -0.25) is 4.79 Å². The molecule has 30 heavy (non-hydrogen) atoms. The highest BCUT2D eigenvalue weighted by molar-refractivity contribution is 6.30. The van der Waals surface area contributed by atoms with Gasteiger partial charge in [-0.05, 0) is 55.5 Å². The molecule has 162 valence electrons. The molecule has 0 radical (unpaired) electrons. The Kier molecular flexibility index (Phi) is 7.96. The van der Waals surface area contributed by atoms with Crippen LogP contribution in [0.1, 0.15) is 6.92 Å². The van der Waals surface area contributed by atoms with Gasteiger partial charge in [-0.2, -0.15) is 0 Å². The van der Waals surface area contributed by atoms with Gasteiger partial charge >= 0.3 is 0 Å². The van der Waals surface area contributed by atoms with Gasteiger partial charge in [-0.25, -0.2) is 0 Å². The van der Waals surface area contributed by atoms with E-state index >= 15 is 0 Å². The van der Waals surface area contributed by atoms with Crippen molar-refractivity contribution in [2.75, 3.05) is 63.6 Å². The number of nitrogens with zero attached hydrogens (tertiary/aromatic N) is 1. The van der Waals surface area contributed by atoms with Crippen molar-refractivity contribution in [2.45, 2.75) is 13.0 Å². The quantitative estimate of drug-likeness (QED) is 0.572. The summed E-state index contributed by atoms with van der Waals surface area (Å²) in [5, 5.41) is 3.78. The van der Waals surface area contributed by atoms with E-state index in [1.54, 1.807) is 0 Å². The third kappa shape index (κ3) is 6.36. The smallest absolute Gasteiger partial charge is 0.282 e. The van der Waals surface area contributed by atoms with E-state index in [-0.39, 0.29) is 11.9 Å². The van der Waals surface area contributed by atoms with Gasteiger partial charge in [0.1, 0.15) is 45.1 Å². The molecular weight excluding hydrogens is 400 g/mol. The molecule has 0 saturated carbocycles. The van der Waals surface area contributed by atoms with Crippen LogP contribution in [0, 0.1) is 0 Å². The van der Waals surface area contributed by atoms with Crippen LogP contribution in [0.5, 0.6) is 5.75 Å². The van der Waals surface area contributed by atoms with E-state index in [1.165, 1.54) is 9.80 Å². The van der Waals surface area contributed by atoms with Crippen LogP contribution in [-0.2, 0) is 4.79 Å². The van der Waals surface area contributed by atoms with Crippen molar-refractivity contribution in [3.63, 3.8) is 0 Å². The summed E-state index contributed by atoms with van der Waals surface area (Å²) in [6, 6.07) is 15.4. The summed E-state index contributed by atoms with van der Waals surface area (Å²) in [5.41, 5.74) is 1.96. The average molecular weight is 433 g/mol. The molecule has 1 saturated heterocycles. The van der Waals surface area contributed by atoms with Crippen LogP contribution in [0.3, 0.4) is 0 Å². The number of carbonyl (C=O) groups is 1. The number of carbonyl (C=O) groups excluding carboxylic acids is 1. The van der Waals surface area contributed by atoms with E-state index in [4.69, 9.17) is 16.3 Å². The average Bonchev–Trinajstić information content (AvgIpc) is 2.75. The molecule has 1 atom stereocenters. The zero-order valence-electron chi connectivity index (χ0n) is 18.1. The number of quaternary nitrogens is 2. The molecule has 1 aliphatic rings. The third-order valence-corrected chi connectivity index (χ3v) is 6.05. The van der Waals surface area contributed by atoms with Crippen molar-refractivity contribution in [3.8, 4) is 5.75 Å². The predicted molar refractivity (Wildman–Crippen MR) is 122 cm³/mol. The molecule has 0 unspecified atom stereocenters. The standard InChI is InChI=1S/C23H31ClN4O2/c1-18(23(29)25-20-6-8-21(9-7-20)26(2)3)28-14-12-27(13-15-28)16-17-30-22-10-4-19(24)5-11-22/h4-11,18H,12-17H2,1-3H3,(H,25,29)/p+2/t18-/m0/s1. The molecule has 0 spiro atoms. The molecule has 3 N–H and O–H groups in total. The minimum atomic E-state index is -0.0645. The highest BCUT2D eigenvalue weighted by Gasteiger charge is 2.30. The van der Waals surface area contributed by atoms with Crippen LogP contribution in [0.2, 0.25) is 5.02 Å². The Morgan fingerprint density at radius 1 is 1.07 bits per heavy atom. The van der Waals surface area contributed by atoms with Crippen LogP contribution in [0.4, 0.5) is 11.4 Å². The van der Waals surface area contributed by atoms with Gasteiger partial charge in [0, 0.05) is 30.5 Å². The lowest BCUT2D eigenvalue weighted by Gasteiger charge is -2.32. The largest absolute Gasteiger partial charge is 0.488 e. The SMILES string of the molecule is C[C@@H](C(=O)Nc1ccc(N(C)C)cc1)[NH+]1CC[NH+](CCOc2ccc(Cl)cc2)CC1. The summed E-state index contributed by atoms with van der Waals surface area (Å²) in [6.45, 7) is 7.76. The number of anilines is 2. The molecule has 1 heterocycles. The molecule has 0 bridgehead atoms. The van der Waals surface area contributed by atoms with Crippen LogP contribution in [0.15, 0.2) is 48.5 Å². The maximum absolute atomic E-state index is 12.7. The summed E-state index contributed by atoms with van der Waals surface area (Å²) in [6.07, 6.45) is 0. The van der Waals surface area contributed by atoms with E-state index in [9.17, 15) is 4.79 Å². The first kappa shape index (κ1) is 22.4. The lowest BCUT2D eigenvalue weighted by atomic mass is 10.2. The van der Waals surface area contributed by atoms with Gasteiger partial charge in [-0.1, -0.05) is 11.6 Å². The summed E-state index contributed by atoms with van der Waals surface area (Å²) in [7, 11) is 4.01. The lowest BCUT2D eigenvalue weighted by molar-refractivity contribution is -1.02. The second-order valence-electron chi connectivity index (χ2n) is 8.11. The lowest BCUT2D eigenvalue weighted by Crippen LogP contribution is -3.30. The van der Waals surface area contributed by atoms with Crippen molar-refractivity contribution >= 4 is 28.9 Å². The van der Waals surface area contributed by atoms with Crippen molar-refractivity contribution in [1.29, 1.82) is 0 Å². The molecule has 2 aromatic carbocycles. The minimum Gasteiger partial charge on any atom is -0.488 e. The van der Waals surface area contributed by atoms with Gasteiger partial charge in [0.2, 0.25) is 0 Å². The maximum Gasteiger partial charge on any atom is 0.282 e. The normalized spacial score (nSPS) is 19.7. The first-order chi connectivity index (χ1) is 14.4. The Hall–Kier alpha value is -2.28. The Labute approximate surface area is 184 Å². The molecule has 6 nitrogen and oxygen atoms in total. The van der Waals surface area contributed by atoms with Crippen molar-refractivity contribution in [2.24, 2.45) is 0 Å². The number of rotatable bonds is 8. The van der Waals surface area contributed by atoms with Crippen molar-refractivity contribution in [3.05, 3.63) is 53.6 Å². The summed E-state index contributed by atoms with van der Waals surface area (Å²) in [4.78, 5) is 17.6. The van der Waals surface area contributed by atoms with Crippen LogP contribution in [0.25, 0.3) is 0 Å². The summed E-state index contributed by atoms with van der Waals surface area (Å²) in [5.74, 6) is 0.934. The van der Waals surface area contributed by atoms with Gasteiger partial charge in [0.05, 0.1) is 0 Å². The van der Waals surface area contributed by atoms with E-state index in [1.807, 2.05) is 74.4 Å². The van der Waals surface area contributed by atoms with E-state index in [0.29, 0.717) is 6.61 Å². The Balaban J connectivity index is 1.39. The Morgan fingerprint density at radius 3 is 2.30 bits per heavy atom. The van der Waals surface area contributed by atoms with E-state index < -0.39 is 0 Å². The van der Waals surface area contributed by atoms with E-state index in [0.717, 1.165) is 54.9 Å². The molecule has 2 aromatic rings. The summed E-state index contributed by atoms with van der Waals surface area (Å²) >= 11 is 5.90. The number of halogens is 1. The fourth-order valence-corrected chi connectivity index (χ4v) is 3.86. The topological polar surface area (TPSA) is 50.5 Å². The number of ether oxygens (including phenoxy) is 1. The number of nitrogens with one attached hydrogen (secondary N) is 3. The van der Waals surface area contributed by atoms with Gasteiger partial charge in [0.15, 0.2) is 6.04 Å². The zero-order valence-corrected chi connectivity index (χ0v) is 18.8. The Morgan fingerprint density at radius 2 is 1.70 bits per heavy atom. The number of amides is 1. The molecule has 3 rings (SSSR count). The van der Waals surface area contributed by atoms with Gasteiger partial charge < -0.3 is 24.8 Å². The molecular formula is C23H33ClN4O2+2. The van der Waals surface area contributed by atoms with Crippen LogP contribution < -0.4 is 24.8 Å². The first-order valence-corrected chi connectivity index (χ1v) is 10.9. The highest BCUT2D eigenvalue weighted by Crippen LogP contribution is 2.16. The number of piperazine rings is 1. The van der Waals surface area contributed by atoms with Gasteiger partial charge in [0.25, 0.3) is 5.91 Å². The fraction of sp³-hybridized carbons (Fsp3) is 0.435. The van der Waals surface area contributed by atoms with Crippen molar-refractivity contribution in [1.82, 2.24) is 0 Å². The second-order valence-corrected chi connectivity index (χ2v) is 8.55. The molecule has 1 aliphatic heterocycles. The molecule has 1 fully saturated rings. The zero-order chi connectivity index (χ0) is 21.5. The molecule has 1 amide bonds. The predicted octanol–water partition coefficient (Wildman–Crippen LogP) is 0.595. The molecule has 7 heteroatoms. The number of benzene rings is 2. The fourth-order valence-electron chi connectivity index (χ4n) is 3.73. The first-order valence-electron chi connectivity index (χ1n) is 10.6. The monoisotopic (exact) mass is 432 g/mol. The second kappa shape index (κ2) is 10.7. The maximum atomic E-state index is 12.7. The minimum absolute atomic E-state index is 0.0645. The summed E-state index contributed by atoms with van der Waals surface area (Å²) < 4.78 is 5.81. The van der Waals surface area contributed by atoms with Gasteiger partial charge in [-0.15, -0.1) is 0 Å². The van der Waals surface area contributed by atoms with Crippen molar-refractivity contribution < 1.29 is 19.3 Å². The third-order valence-electron chi connectivity index (χ3n) is 5.79. The molecule has 0 aliphatic carbocycles. The highest BCUT2D eigenvalue weighted by atomic mass is 35.5.